The molecule has 1 spiro atoms. The van der Waals surface area contributed by atoms with Gasteiger partial charge in [0, 0.05) is 12.6 Å². The minimum atomic E-state index is 0.232. The lowest BCUT2D eigenvalue weighted by Crippen LogP contribution is -2.50. The van der Waals surface area contributed by atoms with E-state index in [4.69, 9.17) is 10.5 Å². The summed E-state index contributed by atoms with van der Waals surface area (Å²) in [4.78, 5) is 2.69. The van der Waals surface area contributed by atoms with E-state index in [0.29, 0.717) is 0 Å². The van der Waals surface area contributed by atoms with Crippen LogP contribution in [0.3, 0.4) is 0 Å². The largest absolute Gasteiger partial charge is 0.375 e. The van der Waals surface area contributed by atoms with Gasteiger partial charge in [0.05, 0.1) is 5.60 Å². The lowest BCUT2D eigenvalue weighted by atomic mass is 9.78. The van der Waals surface area contributed by atoms with E-state index < -0.39 is 0 Å². The lowest BCUT2D eigenvalue weighted by Gasteiger charge is -2.46. The number of nitrogens with two attached hydrogens (primary N) is 1. The molecular weight excluding hydrogens is 236 g/mol. The third-order valence-electron chi connectivity index (χ3n) is 4.91. The van der Waals surface area contributed by atoms with Crippen LogP contribution < -0.4 is 5.73 Å². The van der Waals surface area contributed by atoms with Gasteiger partial charge in [0.25, 0.3) is 0 Å². The van der Waals surface area contributed by atoms with Crippen LogP contribution in [-0.2, 0) is 4.74 Å². The zero-order chi connectivity index (χ0) is 13.6. The first-order valence-electron chi connectivity index (χ1n) is 8.38. The zero-order valence-electron chi connectivity index (χ0n) is 12.7. The van der Waals surface area contributed by atoms with Crippen LogP contribution in [0.5, 0.6) is 0 Å². The first-order chi connectivity index (χ1) is 9.29. The molecule has 1 heterocycles. The molecule has 0 aromatic rings. The number of nitrogens with zero attached hydrogens (tertiary/aromatic N) is 1. The van der Waals surface area contributed by atoms with Crippen LogP contribution in [-0.4, -0.2) is 42.8 Å². The summed E-state index contributed by atoms with van der Waals surface area (Å²) in [6.07, 6.45) is 11.6. The standard InChI is InChI=1S/C16H32N2O/c1-2-11-18(12-6-10-17)15-7-13-19-16(14-15)8-4-3-5-9-16/h15H,2-14,17H2,1H3. The van der Waals surface area contributed by atoms with Gasteiger partial charge in [0.2, 0.25) is 0 Å². The van der Waals surface area contributed by atoms with E-state index in [9.17, 15) is 0 Å². The van der Waals surface area contributed by atoms with Crippen LogP contribution in [0.1, 0.15) is 64.7 Å². The Balaban J connectivity index is 1.93. The van der Waals surface area contributed by atoms with Crippen molar-refractivity contribution in [1.29, 1.82) is 0 Å². The zero-order valence-corrected chi connectivity index (χ0v) is 12.7. The molecule has 3 nitrogen and oxygen atoms in total. The molecule has 112 valence electrons. The van der Waals surface area contributed by atoms with Crippen molar-refractivity contribution in [3.05, 3.63) is 0 Å². The molecule has 2 rings (SSSR count). The van der Waals surface area contributed by atoms with Gasteiger partial charge in [-0.25, -0.2) is 0 Å². The van der Waals surface area contributed by atoms with E-state index in [0.717, 1.165) is 25.6 Å². The van der Waals surface area contributed by atoms with Gasteiger partial charge in [0.1, 0.15) is 0 Å². The Hall–Kier alpha value is -0.120. The minimum Gasteiger partial charge on any atom is -0.375 e. The van der Waals surface area contributed by atoms with E-state index in [1.165, 1.54) is 64.5 Å². The number of hydrogen-bond donors (Lipinski definition) is 1. The summed E-state index contributed by atoms with van der Waals surface area (Å²) in [6, 6.07) is 0.735. The summed E-state index contributed by atoms with van der Waals surface area (Å²) in [5, 5.41) is 0. The maximum absolute atomic E-state index is 6.22. The van der Waals surface area contributed by atoms with Gasteiger partial charge in [0.15, 0.2) is 0 Å². The van der Waals surface area contributed by atoms with E-state index in [1.54, 1.807) is 0 Å². The van der Waals surface area contributed by atoms with Gasteiger partial charge < -0.3 is 15.4 Å². The maximum atomic E-state index is 6.22. The molecule has 19 heavy (non-hydrogen) atoms. The van der Waals surface area contributed by atoms with Crippen molar-refractivity contribution >= 4 is 0 Å². The molecule has 0 aromatic heterocycles. The first kappa shape index (κ1) is 15.3. The fraction of sp³-hybridized carbons (Fsp3) is 1.00. The van der Waals surface area contributed by atoms with E-state index in [1.807, 2.05) is 0 Å². The predicted octanol–water partition coefficient (Wildman–Crippen LogP) is 2.93. The molecule has 0 amide bonds. The van der Waals surface area contributed by atoms with Crippen molar-refractivity contribution in [2.45, 2.75) is 76.4 Å². The highest BCUT2D eigenvalue weighted by Gasteiger charge is 2.39. The quantitative estimate of drug-likeness (QED) is 0.805. The molecule has 2 aliphatic rings. The van der Waals surface area contributed by atoms with Gasteiger partial charge in [-0.1, -0.05) is 26.2 Å². The summed E-state index contributed by atoms with van der Waals surface area (Å²) in [6.45, 7) is 6.46. The number of hydrogen-bond acceptors (Lipinski definition) is 3. The predicted molar refractivity (Wildman–Crippen MR) is 80.3 cm³/mol. The number of rotatable bonds is 6. The van der Waals surface area contributed by atoms with Crippen molar-refractivity contribution in [1.82, 2.24) is 4.90 Å². The summed E-state index contributed by atoms with van der Waals surface area (Å²) in [7, 11) is 0. The van der Waals surface area contributed by atoms with Crippen LogP contribution >= 0.6 is 0 Å². The molecule has 1 unspecified atom stereocenters. The van der Waals surface area contributed by atoms with Crippen molar-refractivity contribution in [3.63, 3.8) is 0 Å². The molecule has 1 aliphatic heterocycles. The summed E-state index contributed by atoms with van der Waals surface area (Å²) >= 11 is 0. The van der Waals surface area contributed by atoms with Crippen LogP contribution in [0.25, 0.3) is 0 Å². The Morgan fingerprint density at radius 3 is 2.68 bits per heavy atom. The van der Waals surface area contributed by atoms with E-state index in [-0.39, 0.29) is 5.60 Å². The van der Waals surface area contributed by atoms with Crippen LogP contribution in [0.15, 0.2) is 0 Å². The Bertz CT molecular complexity index is 246. The van der Waals surface area contributed by atoms with Gasteiger partial charge in [-0.3, -0.25) is 0 Å². The van der Waals surface area contributed by atoms with Gasteiger partial charge in [-0.15, -0.1) is 0 Å². The van der Waals surface area contributed by atoms with E-state index >= 15 is 0 Å². The Labute approximate surface area is 118 Å². The van der Waals surface area contributed by atoms with Gasteiger partial charge >= 0.3 is 0 Å². The normalized spacial score (nSPS) is 27.0. The second-order valence-electron chi connectivity index (χ2n) is 6.42. The smallest absolute Gasteiger partial charge is 0.0697 e. The Morgan fingerprint density at radius 2 is 2.00 bits per heavy atom. The summed E-state index contributed by atoms with van der Waals surface area (Å²) in [5.74, 6) is 0. The molecule has 1 aliphatic carbocycles. The molecule has 0 radical (unpaired) electrons. The first-order valence-corrected chi connectivity index (χ1v) is 8.38. The van der Waals surface area contributed by atoms with Crippen LogP contribution in [0.4, 0.5) is 0 Å². The molecule has 2 N–H and O–H groups in total. The van der Waals surface area contributed by atoms with Gasteiger partial charge in [-0.05, 0) is 58.2 Å². The molecular formula is C16H32N2O. The second kappa shape index (κ2) is 7.61. The molecule has 1 saturated heterocycles. The van der Waals surface area contributed by atoms with Crippen molar-refractivity contribution in [3.8, 4) is 0 Å². The molecule has 2 fully saturated rings. The number of ether oxygens (including phenoxy) is 1. The fourth-order valence-corrected chi connectivity index (χ4v) is 3.92. The third kappa shape index (κ3) is 4.17. The Morgan fingerprint density at radius 1 is 1.21 bits per heavy atom. The van der Waals surface area contributed by atoms with E-state index in [2.05, 4.69) is 11.8 Å². The highest BCUT2D eigenvalue weighted by Crippen LogP contribution is 2.39. The molecule has 1 atom stereocenters. The molecule has 0 bridgehead atoms. The molecule has 3 heteroatoms. The molecule has 0 aromatic carbocycles. The fourth-order valence-electron chi connectivity index (χ4n) is 3.92. The highest BCUT2D eigenvalue weighted by molar-refractivity contribution is 4.92. The SMILES string of the molecule is CCCN(CCCN)C1CCOC2(CCCCC2)C1. The minimum absolute atomic E-state index is 0.232. The van der Waals surface area contributed by atoms with Crippen molar-refractivity contribution in [2.75, 3.05) is 26.2 Å². The lowest BCUT2D eigenvalue weighted by molar-refractivity contribution is -0.124. The van der Waals surface area contributed by atoms with Crippen LogP contribution in [0.2, 0.25) is 0 Å². The third-order valence-corrected chi connectivity index (χ3v) is 4.91. The average molecular weight is 268 g/mol. The van der Waals surface area contributed by atoms with Crippen molar-refractivity contribution < 1.29 is 4.74 Å². The topological polar surface area (TPSA) is 38.5 Å². The maximum Gasteiger partial charge on any atom is 0.0697 e. The van der Waals surface area contributed by atoms with Gasteiger partial charge in [-0.2, -0.15) is 0 Å². The average Bonchev–Trinajstić information content (AvgIpc) is 2.44. The monoisotopic (exact) mass is 268 g/mol. The van der Waals surface area contributed by atoms with Crippen molar-refractivity contribution in [2.24, 2.45) is 5.73 Å². The second-order valence-corrected chi connectivity index (χ2v) is 6.42. The van der Waals surface area contributed by atoms with Crippen LogP contribution in [0, 0.1) is 0 Å². The summed E-state index contributed by atoms with van der Waals surface area (Å²) < 4.78 is 6.22. The molecule has 1 saturated carbocycles. The summed E-state index contributed by atoms with van der Waals surface area (Å²) in [5.41, 5.74) is 5.92. The highest BCUT2D eigenvalue weighted by atomic mass is 16.5. The Kier molecular flexibility index (Phi) is 6.11.